The van der Waals surface area contributed by atoms with Gasteiger partial charge in [-0.1, -0.05) is 93.9 Å². The lowest BCUT2D eigenvalue weighted by Crippen LogP contribution is -2.35. The van der Waals surface area contributed by atoms with Crippen molar-refractivity contribution >= 4 is 11.8 Å². The third-order valence-corrected chi connectivity index (χ3v) is 5.97. The van der Waals surface area contributed by atoms with Crippen molar-refractivity contribution in [2.45, 2.75) is 116 Å². The molecule has 1 heteroatoms. The minimum Gasteiger partial charge on any atom is -0.149 e. The van der Waals surface area contributed by atoms with Crippen LogP contribution >= 0.6 is 11.8 Å². The van der Waals surface area contributed by atoms with Gasteiger partial charge in [-0.3, -0.25) is 0 Å². The van der Waals surface area contributed by atoms with Crippen LogP contribution in [0.2, 0.25) is 0 Å². The molecule has 1 saturated carbocycles. The lowest BCUT2D eigenvalue weighted by Gasteiger charge is -2.43. The Morgan fingerprint density at radius 3 is 1.57 bits per heavy atom. The lowest BCUT2D eigenvalue weighted by molar-refractivity contribution is 0.349. The largest absolute Gasteiger partial charge is 0.149 e. The van der Waals surface area contributed by atoms with E-state index < -0.39 is 0 Å². The summed E-state index contributed by atoms with van der Waals surface area (Å²) in [5.74, 6) is 1.99. The van der Waals surface area contributed by atoms with Crippen molar-refractivity contribution in [3.05, 3.63) is 0 Å². The fraction of sp³-hybridized carbons (Fsp3) is 1.00. The molecule has 0 unspecified atom stereocenters. The Kier molecular flexibility index (Phi) is 10.4. The molecule has 0 aromatic heterocycles. The smallest absolute Gasteiger partial charge is 0.0111 e. The third kappa shape index (κ3) is 9.87. The highest BCUT2D eigenvalue weighted by Crippen LogP contribution is 2.49. The van der Waals surface area contributed by atoms with E-state index in [4.69, 9.17) is 0 Å². The van der Waals surface area contributed by atoms with Gasteiger partial charge in [0.05, 0.1) is 0 Å². The van der Waals surface area contributed by atoms with Crippen LogP contribution in [0.1, 0.15) is 107 Å². The SMILES string of the molecule is CC.CC1CC(C)(C)SC(C)(C)C1.CCC1CCCCC1. The van der Waals surface area contributed by atoms with Gasteiger partial charge in [0.25, 0.3) is 0 Å². The van der Waals surface area contributed by atoms with Crippen molar-refractivity contribution in [3.63, 3.8) is 0 Å². The molecule has 0 bridgehead atoms. The van der Waals surface area contributed by atoms with Gasteiger partial charge in [-0.05, 0) is 24.7 Å². The predicted molar refractivity (Wildman–Crippen MR) is 102 cm³/mol. The van der Waals surface area contributed by atoms with Crippen molar-refractivity contribution in [2.24, 2.45) is 11.8 Å². The normalized spacial score (nSPS) is 25.1. The molecule has 2 rings (SSSR count). The fourth-order valence-corrected chi connectivity index (χ4v) is 6.41. The monoisotopic (exact) mass is 314 g/mol. The van der Waals surface area contributed by atoms with Crippen LogP contribution < -0.4 is 0 Å². The summed E-state index contributed by atoms with van der Waals surface area (Å²) in [5.41, 5.74) is 0. The number of thioether (sulfide) groups is 1. The summed E-state index contributed by atoms with van der Waals surface area (Å²) in [4.78, 5) is 0. The van der Waals surface area contributed by atoms with Crippen LogP contribution in [0.5, 0.6) is 0 Å². The van der Waals surface area contributed by atoms with Crippen molar-refractivity contribution in [2.75, 3.05) is 0 Å². The Bertz CT molecular complexity index is 233. The van der Waals surface area contributed by atoms with E-state index in [2.05, 4.69) is 53.3 Å². The predicted octanol–water partition coefficient (Wildman–Crippen LogP) is 7.71. The van der Waals surface area contributed by atoms with Gasteiger partial charge >= 0.3 is 0 Å². The van der Waals surface area contributed by atoms with E-state index in [-0.39, 0.29) is 0 Å². The first-order valence-corrected chi connectivity index (χ1v) is 10.3. The molecule has 1 aliphatic carbocycles. The summed E-state index contributed by atoms with van der Waals surface area (Å²) in [6.07, 6.45) is 11.7. The molecule has 0 nitrogen and oxygen atoms in total. The van der Waals surface area contributed by atoms with E-state index >= 15 is 0 Å². The van der Waals surface area contributed by atoms with Gasteiger partial charge in [-0.25, -0.2) is 0 Å². The zero-order valence-corrected chi connectivity index (χ0v) is 17.0. The summed E-state index contributed by atoms with van der Waals surface area (Å²) >= 11 is 2.15. The van der Waals surface area contributed by atoms with Crippen LogP contribution in [-0.2, 0) is 0 Å². The maximum atomic E-state index is 2.38. The molecule has 0 spiro atoms. The zero-order chi connectivity index (χ0) is 16.5. The average molecular weight is 315 g/mol. The Morgan fingerprint density at radius 1 is 0.857 bits per heavy atom. The molecule has 0 amide bonds. The molecular weight excluding hydrogens is 272 g/mol. The van der Waals surface area contributed by atoms with Crippen LogP contribution in [0.15, 0.2) is 0 Å². The van der Waals surface area contributed by atoms with E-state index in [1.54, 1.807) is 0 Å². The van der Waals surface area contributed by atoms with Gasteiger partial charge in [0.2, 0.25) is 0 Å². The highest BCUT2D eigenvalue weighted by atomic mass is 32.2. The average Bonchev–Trinajstić information content (AvgIpc) is 2.38. The van der Waals surface area contributed by atoms with Crippen molar-refractivity contribution in [1.29, 1.82) is 0 Å². The van der Waals surface area contributed by atoms with Gasteiger partial charge in [0.1, 0.15) is 0 Å². The van der Waals surface area contributed by atoms with Crippen LogP contribution in [0, 0.1) is 11.8 Å². The second kappa shape index (κ2) is 10.2. The van der Waals surface area contributed by atoms with Crippen molar-refractivity contribution in [3.8, 4) is 0 Å². The minimum atomic E-state index is 0.501. The second-order valence-electron chi connectivity index (χ2n) is 8.05. The van der Waals surface area contributed by atoms with Crippen LogP contribution in [0.4, 0.5) is 0 Å². The molecule has 1 saturated heterocycles. The summed E-state index contributed by atoms with van der Waals surface area (Å²) in [7, 11) is 0. The third-order valence-electron chi connectivity index (χ3n) is 4.53. The Balaban J connectivity index is 0.000000354. The molecule has 0 aromatic rings. The van der Waals surface area contributed by atoms with Gasteiger partial charge in [-0.15, -0.1) is 11.8 Å². The van der Waals surface area contributed by atoms with Gasteiger partial charge < -0.3 is 0 Å². The first-order valence-electron chi connectivity index (χ1n) is 9.44. The maximum Gasteiger partial charge on any atom is 0.0111 e. The summed E-state index contributed by atoms with van der Waals surface area (Å²) in [6, 6.07) is 0. The second-order valence-corrected chi connectivity index (χ2v) is 10.5. The van der Waals surface area contributed by atoms with E-state index in [9.17, 15) is 0 Å². The minimum absolute atomic E-state index is 0.501. The number of hydrogen-bond acceptors (Lipinski definition) is 1. The molecular formula is C20H42S. The van der Waals surface area contributed by atoms with Gasteiger partial charge in [0.15, 0.2) is 0 Å². The first kappa shape index (κ1) is 21.4. The summed E-state index contributed by atoms with van der Waals surface area (Å²) in [5, 5.41) is 0. The van der Waals surface area contributed by atoms with Crippen LogP contribution in [0.3, 0.4) is 0 Å². The molecule has 0 aromatic carbocycles. The van der Waals surface area contributed by atoms with Gasteiger partial charge in [-0.2, -0.15) is 0 Å². The molecule has 0 N–H and O–H groups in total. The highest BCUT2D eigenvalue weighted by Gasteiger charge is 2.37. The Hall–Kier alpha value is 0.350. The number of rotatable bonds is 1. The van der Waals surface area contributed by atoms with Crippen LogP contribution in [0.25, 0.3) is 0 Å². The molecule has 0 radical (unpaired) electrons. The maximum absolute atomic E-state index is 2.38. The quantitative estimate of drug-likeness (QED) is 0.477. The summed E-state index contributed by atoms with van der Waals surface area (Å²) in [6.45, 7) is 18.2. The summed E-state index contributed by atoms with van der Waals surface area (Å²) < 4.78 is 1.00. The molecule has 21 heavy (non-hydrogen) atoms. The highest BCUT2D eigenvalue weighted by molar-refractivity contribution is 8.01. The van der Waals surface area contributed by atoms with E-state index in [0.717, 1.165) is 11.8 Å². The fourth-order valence-electron chi connectivity index (χ4n) is 4.18. The van der Waals surface area contributed by atoms with Gasteiger partial charge in [0, 0.05) is 9.49 Å². The molecule has 2 aliphatic rings. The standard InChI is InChI=1S/C10H20S.C8H16.C2H6/c1-8-6-9(2,3)11-10(4,5)7-8;1-2-8-6-4-3-5-7-8;1-2/h8H,6-7H2,1-5H3;8H,2-7H2,1H3;1-2H3. The molecule has 2 fully saturated rings. The number of hydrogen-bond donors (Lipinski definition) is 0. The molecule has 1 aliphatic heterocycles. The van der Waals surface area contributed by atoms with Crippen molar-refractivity contribution in [1.82, 2.24) is 0 Å². The molecule has 128 valence electrons. The van der Waals surface area contributed by atoms with E-state index in [1.807, 2.05) is 13.8 Å². The molecule has 1 heterocycles. The Morgan fingerprint density at radius 2 is 1.29 bits per heavy atom. The van der Waals surface area contributed by atoms with E-state index in [1.165, 1.54) is 51.4 Å². The topological polar surface area (TPSA) is 0 Å². The van der Waals surface area contributed by atoms with E-state index in [0.29, 0.717) is 9.49 Å². The molecule has 0 atom stereocenters. The lowest BCUT2D eigenvalue weighted by atomic mass is 9.88. The first-order chi connectivity index (χ1) is 9.74. The van der Waals surface area contributed by atoms with Crippen molar-refractivity contribution < 1.29 is 0 Å². The van der Waals surface area contributed by atoms with Crippen LogP contribution in [-0.4, -0.2) is 9.49 Å². The Labute approximate surface area is 140 Å². The zero-order valence-electron chi connectivity index (χ0n) is 16.2.